The third-order valence-corrected chi connectivity index (χ3v) is 3.67. The minimum atomic E-state index is -2.65. The number of carbonyl (C=O) groups is 1. The summed E-state index contributed by atoms with van der Waals surface area (Å²) in [6.07, 6.45) is -0.152. The lowest BCUT2D eigenvalue weighted by molar-refractivity contribution is -0.127. The van der Waals surface area contributed by atoms with Gasteiger partial charge in [-0.05, 0) is 18.4 Å². The maximum Gasteiger partial charge on any atom is 0.248 e. The maximum absolute atomic E-state index is 13.1. The highest BCUT2D eigenvalue weighted by Gasteiger charge is 2.39. The lowest BCUT2D eigenvalue weighted by Crippen LogP contribution is -2.31. The Bertz CT molecular complexity index is 483. The van der Waals surface area contributed by atoms with Gasteiger partial charge in [-0.15, -0.1) is 0 Å². The first-order valence-corrected chi connectivity index (χ1v) is 6.39. The van der Waals surface area contributed by atoms with Crippen molar-refractivity contribution in [2.75, 3.05) is 0 Å². The predicted octanol–water partition coefficient (Wildman–Crippen LogP) is 3.69. The fourth-order valence-corrected chi connectivity index (χ4v) is 2.51. The van der Waals surface area contributed by atoms with Gasteiger partial charge in [-0.1, -0.05) is 30.3 Å². The molecule has 19 heavy (non-hydrogen) atoms. The number of carbonyl (C=O) groups excluding carboxylic acids is 1. The second-order valence-electron chi connectivity index (χ2n) is 5.01. The Morgan fingerprint density at radius 2 is 1.84 bits per heavy atom. The molecule has 1 aliphatic carbocycles. The van der Waals surface area contributed by atoms with Crippen LogP contribution >= 0.6 is 0 Å². The summed E-state index contributed by atoms with van der Waals surface area (Å²) in [5.41, 5.74) is 0.646. The van der Waals surface area contributed by atoms with Gasteiger partial charge in [0.15, 0.2) is 5.78 Å². The first-order valence-electron chi connectivity index (χ1n) is 6.39. The van der Waals surface area contributed by atoms with Crippen LogP contribution in [0.3, 0.4) is 0 Å². The summed E-state index contributed by atoms with van der Waals surface area (Å²) >= 11 is 0. The van der Waals surface area contributed by atoms with E-state index in [1.54, 1.807) is 24.3 Å². The Balaban J connectivity index is 2.09. The molecule has 100 valence electrons. The monoisotopic (exact) mass is 263 g/mol. The molecule has 0 radical (unpaired) electrons. The largest absolute Gasteiger partial charge is 0.298 e. The molecule has 1 aliphatic rings. The van der Waals surface area contributed by atoms with E-state index >= 15 is 0 Å². The van der Waals surface area contributed by atoms with Crippen LogP contribution in [-0.2, 0) is 4.79 Å². The summed E-state index contributed by atoms with van der Waals surface area (Å²) < 4.78 is 26.1. The fourth-order valence-electron chi connectivity index (χ4n) is 2.51. The number of nitriles is 1. The third kappa shape index (κ3) is 3.17. The van der Waals surface area contributed by atoms with Crippen LogP contribution in [0.2, 0.25) is 0 Å². The third-order valence-electron chi connectivity index (χ3n) is 3.67. The van der Waals surface area contributed by atoms with E-state index in [9.17, 15) is 13.6 Å². The zero-order valence-corrected chi connectivity index (χ0v) is 10.5. The highest BCUT2D eigenvalue weighted by atomic mass is 19.3. The minimum absolute atomic E-state index is 0.177. The zero-order valence-electron chi connectivity index (χ0n) is 10.5. The molecule has 2 nitrogen and oxygen atoms in total. The van der Waals surface area contributed by atoms with Crippen LogP contribution in [0.1, 0.15) is 37.2 Å². The van der Waals surface area contributed by atoms with Crippen LogP contribution in [0.4, 0.5) is 8.78 Å². The van der Waals surface area contributed by atoms with Crippen LogP contribution in [-0.4, -0.2) is 11.7 Å². The van der Waals surface area contributed by atoms with Crippen molar-refractivity contribution in [1.29, 1.82) is 5.26 Å². The van der Waals surface area contributed by atoms with Crippen molar-refractivity contribution in [3.63, 3.8) is 0 Å². The summed E-state index contributed by atoms with van der Waals surface area (Å²) in [6.45, 7) is 0. The summed E-state index contributed by atoms with van der Waals surface area (Å²) in [7, 11) is 0. The molecular formula is C15H15F2NO. The Hall–Kier alpha value is -1.76. The number of rotatable bonds is 3. The first kappa shape index (κ1) is 13.7. The smallest absolute Gasteiger partial charge is 0.248 e. The van der Waals surface area contributed by atoms with Gasteiger partial charge in [0.25, 0.3) is 0 Å². The predicted molar refractivity (Wildman–Crippen MR) is 66.7 cm³/mol. The quantitative estimate of drug-likeness (QED) is 0.834. The van der Waals surface area contributed by atoms with E-state index < -0.39 is 17.8 Å². The number of halogens is 2. The van der Waals surface area contributed by atoms with E-state index in [0.29, 0.717) is 5.56 Å². The van der Waals surface area contributed by atoms with Gasteiger partial charge in [0, 0.05) is 18.8 Å². The van der Waals surface area contributed by atoms with E-state index in [4.69, 9.17) is 5.26 Å². The van der Waals surface area contributed by atoms with E-state index in [2.05, 4.69) is 0 Å². The second kappa shape index (κ2) is 5.48. The molecule has 0 spiro atoms. The topological polar surface area (TPSA) is 40.9 Å². The van der Waals surface area contributed by atoms with Gasteiger partial charge in [0.2, 0.25) is 5.92 Å². The van der Waals surface area contributed by atoms with Gasteiger partial charge in [-0.25, -0.2) is 8.78 Å². The van der Waals surface area contributed by atoms with Gasteiger partial charge in [0.1, 0.15) is 5.92 Å². The molecule has 1 aromatic rings. The minimum Gasteiger partial charge on any atom is -0.298 e. The van der Waals surface area contributed by atoms with Gasteiger partial charge < -0.3 is 0 Å². The Morgan fingerprint density at radius 3 is 2.37 bits per heavy atom. The average molecular weight is 263 g/mol. The number of Topliss-reactive ketones (excluding diaryl/α,β-unsaturated/α-hetero) is 1. The van der Waals surface area contributed by atoms with Gasteiger partial charge in [-0.2, -0.15) is 5.26 Å². The van der Waals surface area contributed by atoms with Gasteiger partial charge >= 0.3 is 0 Å². The molecule has 1 saturated carbocycles. The Morgan fingerprint density at radius 1 is 1.26 bits per heavy atom. The van der Waals surface area contributed by atoms with E-state index in [0.717, 1.165) is 0 Å². The molecule has 0 N–H and O–H groups in total. The molecule has 1 aromatic carbocycles. The van der Waals surface area contributed by atoms with E-state index in [-0.39, 0.29) is 31.5 Å². The van der Waals surface area contributed by atoms with Gasteiger partial charge in [-0.3, -0.25) is 4.79 Å². The van der Waals surface area contributed by atoms with Crippen LogP contribution in [0.15, 0.2) is 30.3 Å². The summed E-state index contributed by atoms with van der Waals surface area (Å²) in [6, 6.07) is 10.8. The number of nitrogens with zero attached hydrogens (tertiary/aromatic N) is 1. The van der Waals surface area contributed by atoms with Crippen molar-refractivity contribution < 1.29 is 13.6 Å². The highest BCUT2D eigenvalue weighted by Crippen LogP contribution is 2.38. The number of hydrogen-bond acceptors (Lipinski definition) is 2. The lowest BCUT2D eigenvalue weighted by Gasteiger charge is -2.28. The van der Waals surface area contributed by atoms with Gasteiger partial charge in [0.05, 0.1) is 6.07 Å². The van der Waals surface area contributed by atoms with E-state index in [1.807, 2.05) is 12.1 Å². The molecule has 0 aromatic heterocycles. The summed E-state index contributed by atoms with van der Waals surface area (Å²) in [5, 5.41) is 9.16. The molecule has 0 amide bonds. The lowest BCUT2D eigenvalue weighted by atomic mass is 9.79. The van der Waals surface area contributed by atoms with Crippen LogP contribution in [0.5, 0.6) is 0 Å². The normalized spacial score (nSPS) is 20.5. The van der Waals surface area contributed by atoms with Crippen molar-refractivity contribution in [2.24, 2.45) is 5.92 Å². The van der Waals surface area contributed by atoms with Crippen molar-refractivity contribution in [3.8, 4) is 6.07 Å². The molecule has 0 saturated heterocycles. The summed E-state index contributed by atoms with van der Waals surface area (Å²) in [5.74, 6) is -4.11. The highest BCUT2D eigenvalue weighted by molar-refractivity contribution is 5.90. The standard InChI is InChI=1S/C15H15F2NO/c16-15(17)8-6-12(7-9-15)14(19)13(10-18)11-4-2-1-3-5-11/h1-5,12-13H,6-9H2. The van der Waals surface area contributed by atoms with Crippen LogP contribution in [0, 0.1) is 17.2 Å². The molecule has 0 heterocycles. The zero-order chi connectivity index (χ0) is 13.9. The average Bonchev–Trinajstić information content (AvgIpc) is 2.40. The van der Waals surface area contributed by atoms with Crippen molar-refractivity contribution >= 4 is 5.78 Å². The number of alkyl halides is 2. The molecular weight excluding hydrogens is 248 g/mol. The molecule has 4 heteroatoms. The Kier molecular flexibility index (Phi) is 3.94. The molecule has 1 fully saturated rings. The van der Waals surface area contributed by atoms with Crippen molar-refractivity contribution in [2.45, 2.75) is 37.5 Å². The molecule has 0 bridgehead atoms. The first-order chi connectivity index (χ1) is 9.03. The molecule has 2 rings (SSSR count). The SMILES string of the molecule is N#CC(C(=O)C1CCC(F)(F)CC1)c1ccccc1. The number of benzene rings is 1. The number of hydrogen-bond donors (Lipinski definition) is 0. The molecule has 1 unspecified atom stereocenters. The van der Waals surface area contributed by atoms with Crippen molar-refractivity contribution in [1.82, 2.24) is 0 Å². The Labute approximate surface area is 111 Å². The molecule has 0 aliphatic heterocycles. The van der Waals surface area contributed by atoms with Crippen LogP contribution < -0.4 is 0 Å². The van der Waals surface area contributed by atoms with E-state index in [1.165, 1.54) is 0 Å². The maximum atomic E-state index is 13.1. The number of ketones is 1. The fraction of sp³-hybridized carbons (Fsp3) is 0.467. The summed E-state index contributed by atoms with van der Waals surface area (Å²) in [4.78, 5) is 12.3. The van der Waals surface area contributed by atoms with Crippen LogP contribution in [0.25, 0.3) is 0 Å². The van der Waals surface area contributed by atoms with Crippen molar-refractivity contribution in [3.05, 3.63) is 35.9 Å². The second-order valence-corrected chi connectivity index (χ2v) is 5.01. The molecule has 1 atom stereocenters.